The fraction of sp³-hybridized carbons (Fsp3) is 0.426. The van der Waals surface area contributed by atoms with Crippen LogP contribution in [-0.2, 0) is 43.2 Å². The van der Waals surface area contributed by atoms with Crippen LogP contribution in [0.1, 0.15) is 80.2 Å². The van der Waals surface area contributed by atoms with Crippen molar-refractivity contribution in [3.8, 4) is 22.8 Å². The van der Waals surface area contributed by atoms with Crippen LogP contribution in [0, 0.1) is 5.92 Å². The van der Waals surface area contributed by atoms with Gasteiger partial charge in [0.05, 0.1) is 38.5 Å². The number of nitrogens with zero attached hydrogens (tertiary/aromatic N) is 3. The van der Waals surface area contributed by atoms with E-state index < -0.39 is 18.1 Å². The van der Waals surface area contributed by atoms with Crippen LogP contribution in [0.15, 0.2) is 97.5 Å². The van der Waals surface area contributed by atoms with Crippen LogP contribution in [0.25, 0.3) is 32.9 Å². The zero-order valence-corrected chi connectivity index (χ0v) is 39.1. The lowest BCUT2D eigenvalue weighted by Crippen LogP contribution is -2.60. The number of carbonyl (C=O) groups is 3. The minimum atomic E-state index is -0.733. The van der Waals surface area contributed by atoms with Gasteiger partial charge in [0.2, 0.25) is 23.6 Å². The fourth-order valence-electron chi connectivity index (χ4n) is 10.0. The number of rotatable bonds is 19. The molecule has 356 valence electrons. The van der Waals surface area contributed by atoms with E-state index in [2.05, 4.69) is 61.2 Å². The molecule has 3 aromatic carbocycles. The van der Waals surface area contributed by atoms with Crippen molar-refractivity contribution >= 4 is 39.5 Å². The molecule has 68 heavy (non-hydrogen) atoms. The monoisotopic (exact) mass is 921 g/mol. The molecular weight excluding hydrogens is 859 g/mol. The Morgan fingerprint density at radius 2 is 1.56 bits per heavy atom. The van der Waals surface area contributed by atoms with E-state index in [4.69, 9.17) is 18.9 Å². The lowest BCUT2D eigenvalue weighted by molar-refractivity contribution is -0.146. The molecule has 4 atom stereocenters. The molecular formula is C54H63N7O7. The molecule has 0 radical (unpaired) electrons. The molecule has 6 aromatic rings. The second kappa shape index (κ2) is 22.2. The first kappa shape index (κ1) is 46.7. The fourth-order valence-corrected chi connectivity index (χ4v) is 10.0. The second-order valence-electron chi connectivity index (χ2n) is 18.3. The molecule has 2 aliphatic carbocycles. The van der Waals surface area contributed by atoms with E-state index in [0.717, 1.165) is 101 Å². The molecule has 14 nitrogen and oxygen atoms in total. The highest BCUT2D eigenvalue weighted by molar-refractivity contribution is 6.07. The maximum absolute atomic E-state index is 14.9. The molecule has 1 fully saturated rings. The van der Waals surface area contributed by atoms with Gasteiger partial charge in [0.25, 0.3) is 0 Å². The standard InChI is InChI=1S/C54H63N7O7/c1-35(55-2)52(62)60-51(37-10-4-3-5-11-37)54(64)61-34-41-29-42(18-15-39(41)31-49(61)53(63)59-46-14-8-12-36-9-6-7-13-43(36)46)67-27-25-65-23-24-66-26-28-68-50-20-17-40(32-57-50)38-16-19-44-45-33-56-22-21-47(45)58-48(44)30-38/h6-7,9,13,15-22,29-30,32-33,35,37,46,49,51,55,58H,3-5,8,10-12,14,23-28,31,34H2,1-2H3,(H,59,63)(H,60,62)/t35?,46-,49-,51?/m0/s1. The van der Waals surface area contributed by atoms with E-state index in [9.17, 15) is 14.4 Å². The van der Waals surface area contributed by atoms with E-state index >= 15 is 0 Å². The Hall–Kier alpha value is -6.35. The van der Waals surface area contributed by atoms with Crippen LogP contribution in [0.4, 0.5) is 0 Å². The van der Waals surface area contributed by atoms with Gasteiger partial charge in [-0.05, 0) is 110 Å². The Bertz CT molecular complexity index is 2680. The van der Waals surface area contributed by atoms with Crippen LogP contribution in [0.5, 0.6) is 11.6 Å². The molecule has 1 saturated carbocycles. The normalized spacial score (nSPS) is 18.1. The smallest absolute Gasteiger partial charge is 0.246 e. The molecule has 4 heterocycles. The van der Waals surface area contributed by atoms with Gasteiger partial charge in [-0.3, -0.25) is 19.4 Å². The molecule has 0 saturated heterocycles. The number of aryl methyl sites for hydroxylation is 1. The number of amides is 3. The second-order valence-corrected chi connectivity index (χ2v) is 18.3. The summed E-state index contributed by atoms with van der Waals surface area (Å²) < 4.78 is 23.5. The van der Waals surface area contributed by atoms with Gasteiger partial charge in [-0.25, -0.2) is 4.98 Å². The average Bonchev–Trinajstić information content (AvgIpc) is 3.76. The molecule has 4 N–H and O–H groups in total. The number of aromatic amines is 1. The Morgan fingerprint density at radius 1 is 0.765 bits per heavy atom. The first-order chi connectivity index (χ1) is 33.3. The number of carbonyl (C=O) groups excluding carboxylic acids is 3. The van der Waals surface area contributed by atoms with E-state index in [1.165, 1.54) is 5.56 Å². The third kappa shape index (κ3) is 11.0. The number of fused-ring (bicyclic) bond motifs is 5. The van der Waals surface area contributed by atoms with Crippen molar-refractivity contribution in [3.63, 3.8) is 0 Å². The molecule has 3 aliphatic rings. The molecule has 0 spiro atoms. The quantitative estimate of drug-likeness (QED) is 0.0602. The molecule has 1 aliphatic heterocycles. The van der Waals surface area contributed by atoms with Crippen molar-refractivity contribution in [2.24, 2.45) is 5.92 Å². The lowest BCUT2D eigenvalue weighted by Gasteiger charge is -2.41. The maximum Gasteiger partial charge on any atom is 0.246 e. The number of likely N-dealkylation sites (N-methyl/N-ethyl adjacent to an activating group) is 1. The Kier molecular flexibility index (Phi) is 15.2. The average molecular weight is 922 g/mol. The number of hydrogen-bond donors (Lipinski definition) is 4. The molecule has 3 aromatic heterocycles. The molecule has 0 bridgehead atoms. The van der Waals surface area contributed by atoms with Gasteiger partial charge < -0.3 is 44.8 Å². The summed E-state index contributed by atoms with van der Waals surface area (Å²) in [7, 11) is 1.73. The number of pyridine rings is 2. The minimum Gasteiger partial charge on any atom is -0.491 e. The molecule has 14 heteroatoms. The summed E-state index contributed by atoms with van der Waals surface area (Å²) in [5.74, 6) is 0.573. The first-order valence-electron chi connectivity index (χ1n) is 24.3. The summed E-state index contributed by atoms with van der Waals surface area (Å²) in [5, 5.41) is 11.7. The van der Waals surface area contributed by atoms with E-state index in [1.54, 1.807) is 25.1 Å². The number of benzene rings is 3. The topological polar surface area (TPSA) is 169 Å². The SMILES string of the molecule is CNC(C)C(=O)NC(C(=O)N1Cc2cc(OCCOCCOCCOc3ccc(-c4ccc5c(c4)[nH]c4ccncc45)cn3)ccc2C[C@H]1C(=O)N[C@H]1CCCc2ccccc21)C1CCCCC1. The Morgan fingerprint density at radius 3 is 2.37 bits per heavy atom. The van der Waals surface area contributed by atoms with Crippen LogP contribution < -0.4 is 25.4 Å². The van der Waals surface area contributed by atoms with Crippen molar-refractivity contribution < 1.29 is 33.3 Å². The predicted molar refractivity (Wildman–Crippen MR) is 261 cm³/mol. The third-order valence-corrected chi connectivity index (χ3v) is 13.9. The molecule has 9 rings (SSSR count). The summed E-state index contributed by atoms with van der Waals surface area (Å²) in [4.78, 5) is 56.6. The van der Waals surface area contributed by atoms with Gasteiger partial charge in [0.15, 0.2) is 0 Å². The zero-order valence-electron chi connectivity index (χ0n) is 39.1. The van der Waals surface area contributed by atoms with Crippen LogP contribution in [0.3, 0.4) is 0 Å². The molecule has 2 unspecified atom stereocenters. The van der Waals surface area contributed by atoms with E-state index in [0.29, 0.717) is 57.7 Å². The zero-order chi connectivity index (χ0) is 46.8. The maximum atomic E-state index is 14.9. The summed E-state index contributed by atoms with van der Waals surface area (Å²) in [5.41, 5.74) is 8.49. The number of aromatic nitrogens is 3. The van der Waals surface area contributed by atoms with Gasteiger partial charge in [0, 0.05) is 65.0 Å². The molecule has 3 amide bonds. The van der Waals surface area contributed by atoms with E-state index in [-0.39, 0.29) is 36.2 Å². The van der Waals surface area contributed by atoms with Gasteiger partial charge in [0.1, 0.15) is 31.0 Å². The minimum absolute atomic E-state index is 0.00723. The number of hydrogen-bond acceptors (Lipinski definition) is 10. The van der Waals surface area contributed by atoms with Gasteiger partial charge in [-0.2, -0.15) is 0 Å². The number of H-pyrrole nitrogens is 1. The van der Waals surface area contributed by atoms with Gasteiger partial charge in [-0.15, -0.1) is 0 Å². The highest BCUT2D eigenvalue weighted by atomic mass is 16.6. The third-order valence-electron chi connectivity index (χ3n) is 13.9. The van der Waals surface area contributed by atoms with Crippen molar-refractivity contribution in [1.29, 1.82) is 0 Å². The largest absolute Gasteiger partial charge is 0.491 e. The van der Waals surface area contributed by atoms with Crippen molar-refractivity contribution in [1.82, 2.24) is 35.8 Å². The highest BCUT2D eigenvalue weighted by Gasteiger charge is 2.42. The first-order valence-corrected chi connectivity index (χ1v) is 24.3. The Labute approximate surface area is 397 Å². The van der Waals surface area contributed by atoms with Gasteiger partial charge in [-0.1, -0.05) is 61.7 Å². The highest BCUT2D eigenvalue weighted by Crippen LogP contribution is 2.35. The van der Waals surface area contributed by atoms with Crippen LogP contribution in [0.2, 0.25) is 0 Å². The van der Waals surface area contributed by atoms with E-state index in [1.807, 2.05) is 60.9 Å². The summed E-state index contributed by atoms with van der Waals surface area (Å²) in [6.07, 6.45) is 13.5. The lowest BCUT2D eigenvalue weighted by atomic mass is 9.82. The predicted octanol–water partition coefficient (Wildman–Crippen LogP) is 7.39. The van der Waals surface area contributed by atoms with Gasteiger partial charge >= 0.3 is 0 Å². The number of ether oxygens (including phenoxy) is 4. The number of nitrogens with one attached hydrogen (secondary N) is 4. The van der Waals surface area contributed by atoms with Crippen LogP contribution >= 0.6 is 0 Å². The van der Waals surface area contributed by atoms with Crippen LogP contribution in [-0.4, -0.2) is 102 Å². The van der Waals surface area contributed by atoms with Crippen molar-refractivity contribution in [2.75, 3.05) is 46.7 Å². The summed E-state index contributed by atoms with van der Waals surface area (Å²) >= 11 is 0. The summed E-state index contributed by atoms with van der Waals surface area (Å²) in [6, 6.07) is 24.3. The van der Waals surface area contributed by atoms with Crippen molar-refractivity contribution in [2.45, 2.75) is 95.4 Å². The van der Waals surface area contributed by atoms with Crippen molar-refractivity contribution in [3.05, 3.63) is 120 Å². The Balaban J connectivity index is 0.756. The summed E-state index contributed by atoms with van der Waals surface area (Å²) in [6.45, 7) is 4.26.